The summed E-state index contributed by atoms with van der Waals surface area (Å²) in [6, 6.07) is 29.4. The lowest BCUT2D eigenvalue weighted by Crippen LogP contribution is -2.38. The predicted molar refractivity (Wildman–Crippen MR) is 148 cm³/mol. The molecule has 2 amide bonds. The normalized spacial score (nSPS) is 14.4. The van der Waals surface area contributed by atoms with Crippen LogP contribution in [0.3, 0.4) is 0 Å². The number of urea groups is 1. The molecule has 0 fully saturated rings. The van der Waals surface area contributed by atoms with E-state index in [0.717, 1.165) is 51.0 Å². The smallest absolute Gasteiger partial charge is 0.322 e. The van der Waals surface area contributed by atoms with E-state index in [0.29, 0.717) is 6.54 Å². The molecule has 0 aliphatic carbocycles. The number of para-hydroxylation sites is 1. The van der Waals surface area contributed by atoms with E-state index >= 15 is 0 Å². The third kappa shape index (κ3) is 4.12. The average molecular weight is 504 g/mol. The van der Waals surface area contributed by atoms with Crippen LogP contribution in [0.1, 0.15) is 34.1 Å². The minimum absolute atomic E-state index is 0.186. The maximum atomic E-state index is 14.0. The Balaban J connectivity index is 1.53. The lowest BCUT2D eigenvalue weighted by Gasteiger charge is -2.31. The summed E-state index contributed by atoms with van der Waals surface area (Å²) in [6.45, 7) is 4.42. The van der Waals surface area contributed by atoms with Gasteiger partial charge in [0, 0.05) is 17.4 Å². The van der Waals surface area contributed by atoms with Gasteiger partial charge in [-0.15, -0.1) is 0 Å². The fourth-order valence-corrected chi connectivity index (χ4v) is 5.14. The first-order valence-electron chi connectivity index (χ1n) is 12.6. The quantitative estimate of drug-likeness (QED) is 0.308. The number of hydrogen-bond donors (Lipinski definition) is 1. The van der Waals surface area contributed by atoms with Gasteiger partial charge in [0.05, 0.1) is 36.8 Å². The lowest BCUT2D eigenvalue weighted by atomic mass is 10.0. The highest BCUT2D eigenvalue weighted by atomic mass is 16.5. The van der Waals surface area contributed by atoms with Gasteiger partial charge in [0.15, 0.2) is 0 Å². The predicted octanol–water partition coefficient (Wildman–Crippen LogP) is 6.43. The van der Waals surface area contributed by atoms with Crippen molar-refractivity contribution in [3.63, 3.8) is 0 Å². The molecule has 0 radical (unpaired) electrons. The summed E-state index contributed by atoms with van der Waals surface area (Å²) >= 11 is 0. The largest absolute Gasteiger partial charge is 0.497 e. The van der Waals surface area contributed by atoms with Gasteiger partial charge in [-0.25, -0.2) is 9.48 Å². The van der Waals surface area contributed by atoms with Crippen molar-refractivity contribution in [2.45, 2.75) is 26.4 Å². The van der Waals surface area contributed by atoms with Crippen LogP contribution in [0.2, 0.25) is 0 Å². The van der Waals surface area contributed by atoms with Crippen molar-refractivity contribution in [3.8, 4) is 17.3 Å². The SMILES string of the molecule is COc1cccc([C@@H]2c3cccn3-c3c(c(C)nn3-c3ccccc3)CN2C(=O)Nc2ccc(C)cc2)c1. The van der Waals surface area contributed by atoms with Crippen molar-refractivity contribution in [1.82, 2.24) is 19.2 Å². The van der Waals surface area contributed by atoms with Gasteiger partial charge in [-0.1, -0.05) is 48.0 Å². The van der Waals surface area contributed by atoms with Gasteiger partial charge in [-0.2, -0.15) is 5.10 Å². The zero-order valence-corrected chi connectivity index (χ0v) is 21.6. The van der Waals surface area contributed by atoms with Crippen LogP contribution in [0.4, 0.5) is 10.5 Å². The molecule has 7 heteroatoms. The van der Waals surface area contributed by atoms with E-state index in [4.69, 9.17) is 9.84 Å². The van der Waals surface area contributed by atoms with E-state index < -0.39 is 0 Å². The number of ether oxygens (including phenoxy) is 1. The number of rotatable bonds is 4. The molecule has 3 heterocycles. The van der Waals surface area contributed by atoms with Crippen LogP contribution in [0.15, 0.2) is 97.2 Å². The van der Waals surface area contributed by atoms with Gasteiger partial charge in [0.2, 0.25) is 0 Å². The second-order valence-electron chi connectivity index (χ2n) is 9.54. The van der Waals surface area contributed by atoms with Crippen LogP contribution in [-0.4, -0.2) is 32.4 Å². The number of nitrogens with one attached hydrogen (secondary N) is 1. The molecule has 0 bridgehead atoms. The van der Waals surface area contributed by atoms with Crippen LogP contribution in [0.5, 0.6) is 5.75 Å². The third-order valence-electron chi connectivity index (χ3n) is 7.06. The zero-order chi connectivity index (χ0) is 26.2. The number of amides is 2. The van der Waals surface area contributed by atoms with Crippen molar-refractivity contribution in [1.29, 1.82) is 0 Å². The van der Waals surface area contributed by atoms with E-state index in [9.17, 15) is 4.79 Å². The summed E-state index contributed by atoms with van der Waals surface area (Å²) < 4.78 is 9.68. The highest BCUT2D eigenvalue weighted by molar-refractivity contribution is 5.90. The Morgan fingerprint density at radius 1 is 0.947 bits per heavy atom. The minimum atomic E-state index is -0.360. The van der Waals surface area contributed by atoms with Crippen LogP contribution in [0, 0.1) is 13.8 Å². The molecule has 1 aliphatic heterocycles. The molecular formula is C31H29N5O2. The topological polar surface area (TPSA) is 64.3 Å². The maximum Gasteiger partial charge on any atom is 0.322 e. The Labute approximate surface area is 221 Å². The Morgan fingerprint density at radius 3 is 2.50 bits per heavy atom. The highest BCUT2D eigenvalue weighted by Gasteiger charge is 2.36. The highest BCUT2D eigenvalue weighted by Crippen LogP contribution is 2.39. The van der Waals surface area contributed by atoms with Gasteiger partial charge in [0.1, 0.15) is 11.6 Å². The second-order valence-corrected chi connectivity index (χ2v) is 9.54. The zero-order valence-electron chi connectivity index (χ0n) is 21.6. The second kappa shape index (κ2) is 9.59. The van der Waals surface area contributed by atoms with Crippen molar-refractivity contribution in [2.75, 3.05) is 12.4 Å². The molecule has 6 rings (SSSR count). The number of fused-ring (bicyclic) bond motifs is 3. The van der Waals surface area contributed by atoms with Crippen LogP contribution in [-0.2, 0) is 6.54 Å². The monoisotopic (exact) mass is 503 g/mol. The molecule has 5 aromatic rings. The van der Waals surface area contributed by atoms with Crippen molar-refractivity contribution >= 4 is 11.7 Å². The molecule has 7 nitrogen and oxygen atoms in total. The van der Waals surface area contributed by atoms with Gasteiger partial charge in [0.25, 0.3) is 0 Å². The van der Waals surface area contributed by atoms with E-state index in [-0.39, 0.29) is 12.1 Å². The Morgan fingerprint density at radius 2 is 1.74 bits per heavy atom. The molecule has 1 atom stereocenters. The van der Waals surface area contributed by atoms with Crippen LogP contribution < -0.4 is 10.1 Å². The van der Waals surface area contributed by atoms with Crippen LogP contribution >= 0.6 is 0 Å². The first-order chi connectivity index (χ1) is 18.5. The van der Waals surface area contributed by atoms with E-state index in [1.54, 1.807) is 7.11 Å². The molecule has 0 spiro atoms. The number of carbonyl (C=O) groups is 1. The van der Waals surface area contributed by atoms with Crippen LogP contribution in [0.25, 0.3) is 11.5 Å². The Kier molecular flexibility index (Phi) is 5.96. The Hall–Kier alpha value is -4.78. The van der Waals surface area contributed by atoms with E-state index in [1.165, 1.54) is 0 Å². The summed E-state index contributed by atoms with van der Waals surface area (Å²) in [5.41, 5.74) is 6.66. The van der Waals surface area contributed by atoms with Crippen molar-refractivity contribution in [2.24, 2.45) is 0 Å². The third-order valence-corrected chi connectivity index (χ3v) is 7.06. The van der Waals surface area contributed by atoms with Crippen molar-refractivity contribution in [3.05, 3.63) is 125 Å². The van der Waals surface area contributed by atoms with E-state index in [1.807, 2.05) is 115 Å². The number of aryl methyl sites for hydroxylation is 2. The van der Waals surface area contributed by atoms with Gasteiger partial charge in [-0.3, -0.25) is 0 Å². The number of anilines is 1. The summed E-state index contributed by atoms with van der Waals surface area (Å²) in [5, 5.41) is 8.04. The van der Waals surface area contributed by atoms with Gasteiger partial charge < -0.3 is 19.5 Å². The summed E-state index contributed by atoms with van der Waals surface area (Å²) in [7, 11) is 1.66. The summed E-state index contributed by atoms with van der Waals surface area (Å²) in [4.78, 5) is 15.9. The number of methoxy groups -OCH3 is 1. The fraction of sp³-hybridized carbons (Fsp3) is 0.161. The first-order valence-corrected chi connectivity index (χ1v) is 12.6. The molecular weight excluding hydrogens is 474 g/mol. The molecule has 38 heavy (non-hydrogen) atoms. The fourth-order valence-electron chi connectivity index (χ4n) is 5.14. The maximum absolute atomic E-state index is 14.0. The molecule has 0 unspecified atom stereocenters. The molecule has 1 aliphatic rings. The van der Waals surface area contributed by atoms with Crippen molar-refractivity contribution < 1.29 is 9.53 Å². The van der Waals surface area contributed by atoms with Gasteiger partial charge >= 0.3 is 6.03 Å². The molecule has 2 aromatic heterocycles. The number of carbonyl (C=O) groups excluding carboxylic acids is 1. The number of benzene rings is 3. The minimum Gasteiger partial charge on any atom is -0.497 e. The standard InChI is InChI=1S/C31H29N5O2/c1-21-14-16-24(17-15-21)32-31(37)35-20-27-22(2)33-36(25-10-5-4-6-11-25)30(27)34-18-8-13-28(34)29(35)23-9-7-12-26(19-23)38-3/h4-19,29H,20H2,1-3H3,(H,32,37)/t29-/m1/s1. The lowest BCUT2D eigenvalue weighted by molar-refractivity contribution is 0.194. The molecule has 3 aromatic carbocycles. The molecule has 1 N–H and O–H groups in total. The first kappa shape index (κ1) is 23.6. The van der Waals surface area contributed by atoms with Gasteiger partial charge in [-0.05, 0) is 67.9 Å². The van der Waals surface area contributed by atoms with E-state index in [2.05, 4.69) is 16.0 Å². The summed E-state index contributed by atoms with van der Waals surface area (Å²) in [6.07, 6.45) is 2.04. The summed E-state index contributed by atoms with van der Waals surface area (Å²) in [5.74, 6) is 1.68. The number of hydrogen-bond acceptors (Lipinski definition) is 3. The number of nitrogens with zero attached hydrogens (tertiary/aromatic N) is 4. The molecule has 0 saturated carbocycles. The number of aromatic nitrogens is 3. The Bertz CT molecular complexity index is 1600. The average Bonchev–Trinajstić information content (AvgIpc) is 3.50. The molecule has 0 saturated heterocycles. The molecule has 190 valence electrons.